The van der Waals surface area contributed by atoms with Crippen molar-refractivity contribution in [2.75, 3.05) is 19.3 Å². The average molecular weight is 580 g/mol. The lowest BCUT2D eigenvalue weighted by Crippen LogP contribution is -2.42. The number of unbranched alkanes of at least 4 members (excludes halogenated alkanes) is 1. The molecule has 1 aliphatic rings. The third-order valence-corrected chi connectivity index (χ3v) is 7.81. The second-order valence-corrected chi connectivity index (χ2v) is 13.0. The monoisotopic (exact) mass is 579 g/mol. The van der Waals surface area contributed by atoms with Gasteiger partial charge in [0.05, 0.1) is 15.5 Å². The Morgan fingerprint density at radius 3 is 2.41 bits per heavy atom. The van der Waals surface area contributed by atoms with Crippen molar-refractivity contribution in [1.29, 1.82) is 0 Å². The highest BCUT2D eigenvalue weighted by Gasteiger charge is 2.32. The second-order valence-electron chi connectivity index (χ2n) is 10.6. The van der Waals surface area contributed by atoms with E-state index in [4.69, 9.17) is 16.3 Å². The number of allylic oxidation sites excluding steroid dienone is 2. The SMILES string of the molecule is C=Nc1c(/C(=C\CCC)C(=O)c2ccc(S(C)(=O)=O)cc2Cl)c(F)cn1C1CCN(C(=O)OC(C)(C)C)CC1. The van der Waals surface area contributed by atoms with Crippen LogP contribution in [0.15, 0.2) is 40.4 Å². The fraction of sp³-hybridized carbons (Fsp3) is 0.464. The molecule has 1 saturated heterocycles. The number of likely N-dealkylation sites (tertiary alicyclic amines) is 1. The molecule has 212 valence electrons. The number of amides is 1. The minimum Gasteiger partial charge on any atom is -0.444 e. The third-order valence-electron chi connectivity index (χ3n) is 6.38. The van der Waals surface area contributed by atoms with Gasteiger partial charge in [0.2, 0.25) is 0 Å². The number of halogens is 2. The number of carbonyl (C=O) groups is 2. The zero-order valence-electron chi connectivity index (χ0n) is 23.0. The Hall–Kier alpha value is -2.98. The molecule has 0 atom stereocenters. The van der Waals surface area contributed by atoms with Crippen LogP contribution < -0.4 is 0 Å². The highest BCUT2D eigenvalue weighted by molar-refractivity contribution is 7.90. The van der Waals surface area contributed by atoms with Crippen LogP contribution in [0.5, 0.6) is 0 Å². The standard InChI is InChI=1S/C28H35ClFN3O5S/c1-7-8-9-21(25(34)20-11-10-19(16-22(20)29)39(6,36)37)24-23(30)17-33(26(24)31-5)18-12-14-32(15-13-18)27(35)38-28(2,3)4/h9-11,16-18H,5,7-8,12-15H2,1-4,6H3/b21-9+. The van der Waals surface area contributed by atoms with Crippen LogP contribution in [-0.2, 0) is 14.6 Å². The first-order valence-corrected chi connectivity index (χ1v) is 15.0. The number of aliphatic imine (C=N–C) groups is 1. The molecule has 0 aliphatic carbocycles. The van der Waals surface area contributed by atoms with Crippen molar-refractivity contribution in [2.45, 2.75) is 69.9 Å². The van der Waals surface area contributed by atoms with Gasteiger partial charge in [-0.1, -0.05) is 31.0 Å². The molecule has 8 nitrogen and oxygen atoms in total. The number of carbonyl (C=O) groups excluding carboxylic acids is 2. The molecule has 39 heavy (non-hydrogen) atoms. The minimum atomic E-state index is -3.53. The summed E-state index contributed by atoms with van der Waals surface area (Å²) in [6.45, 7) is 11.8. The number of sulfone groups is 1. The zero-order valence-corrected chi connectivity index (χ0v) is 24.5. The van der Waals surface area contributed by atoms with Crippen molar-refractivity contribution in [3.63, 3.8) is 0 Å². The van der Waals surface area contributed by atoms with Gasteiger partial charge in [-0.2, -0.15) is 0 Å². The molecule has 1 aliphatic heterocycles. The van der Waals surface area contributed by atoms with E-state index < -0.39 is 33.1 Å². The van der Waals surface area contributed by atoms with E-state index in [-0.39, 0.29) is 38.5 Å². The van der Waals surface area contributed by atoms with E-state index in [2.05, 4.69) is 11.7 Å². The molecule has 0 N–H and O–H groups in total. The molecular weight excluding hydrogens is 545 g/mol. The molecule has 1 fully saturated rings. The average Bonchev–Trinajstić information content (AvgIpc) is 3.18. The van der Waals surface area contributed by atoms with Crippen molar-refractivity contribution < 1.29 is 27.1 Å². The maximum atomic E-state index is 15.6. The molecule has 1 amide bonds. The molecule has 0 spiro atoms. The quantitative estimate of drug-likeness (QED) is 0.198. The van der Waals surface area contributed by atoms with Gasteiger partial charge in [-0.25, -0.2) is 22.6 Å². The van der Waals surface area contributed by atoms with E-state index in [0.717, 1.165) is 6.26 Å². The van der Waals surface area contributed by atoms with Crippen LogP contribution in [0.3, 0.4) is 0 Å². The van der Waals surface area contributed by atoms with Crippen molar-refractivity contribution in [3.05, 3.63) is 52.4 Å². The topological polar surface area (TPSA) is 98.0 Å². The van der Waals surface area contributed by atoms with Gasteiger partial charge in [-0.3, -0.25) is 4.79 Å². The number of rotatable bonds is 8. The number of Topliss-reactive ketones (excluding diaryl/α,β-unsaturated/α-hetero) is 1. The molecule has 0 saturated carbocycles. The first-order chi connectivity index (χ1) is 18.2. The lowest BCUT2D eigenvalue weighted by atomic mass is 9.96. The number of nitrogens with zero attached hydrogens (tertiary/aromatic N) is 3. The van der Waals surface area contributed by atoms with E-state index in [1.54, 1.807) is 15.5 Å². The van der Waals surface area contributed by atoms with E-state index >= 15 is 4.39 Å². The van der Waals surface area contributed by atoms with Crippen molar-refractivity contribution in [3.8, 4) is 0 Å². The van der Waals surface area contributed by atoms with Gasteiger partial charge in [0.1, 0.15) is 11.4 Å². The molecule has 11 heteroatoms. The molecule has 1 aromatic heterocycles. The molecule has 0 bridgehead atoms. The number of ether oxygens (including phenoxy) is 1. The van der Waals surface area contributed by atoms with E-state index in [0.29, 0.717) is 38.8 Å². The first kappa shape index (κ1) is 30.6. The van der Waals surface area contributed by atoms with Crippen LogP contribution in [0.25, 0.3) is 5.57 Å². The van der Waals surface area contributed by atoms with Gasteiger partial charge in [-0.05, 0) is 65.0 Å². The van der Waals surface area contributed by atoms with Crippen LogP contribution >= 0.6 is 11.6 Å². The van der Waals surface area contributed by atoms with E-state index in [9.17, 15) is 18.0 Å². The Kier molecular flexibility index (Phi) is 9.43. The molecule has 0 radical (unpaired) electrons. The Morgan fingerprint density at radius 1 is 1.26 bits per heavy atom. The Labute approximate surface area is 234 Å². The van der Waals surface area contributed by atoms with E-state index in [1.165, 1.54) is 24.4 Å². The van der Waals surface area contributed by atoms with Crippen molar-refractivity contribution in [2.24, 2.45) is 4.99 Å². The molecule has 2 aromatic rings. The predicted molar refractivity (Wildman–Crippen MR) is 151 cm³/mol. The molecule has 3 rings (SSSR count). The van der Waals surface area contributed by atoms with Crippen molar-refractivity contribution >= 4 is 51.4 Å². The van der Waals surface area contributed by atoms with Crippen LogP contribution in [0, 0.1) is 5.82 Å². The van der Waals surface area contributed by atoms with Crippen LogP contribution in [0.4, 0.5) is 15.0 Å². The number of benzene rings is 1. The third kappa shape index (κ3) is 7.16. The Morgan fingerprint density at radius 2 is 1.90 bits per heavy atom. The zero-order chi connectivity index (χ0) is 29.1. The lowest BCUT2D eigenvalue weighted by Gasteiger charge is -2.34. The van der Waals surface area contributed by atoms with Gasteiger partial charge < -0.3 is 14.2 Å². The van der Waals surface area contributed by atoms with Gasteiger partial charge in [0, 0.05) is 42.7 Å². The minimum absolute atomic E-state index is 0.0151. The summed E-state index contributed by atoms with van der Waals surface area (Å²) in [5.41, 5.74) is -0.454. The summed E-state index contributed by atoms with van der Waals surface area (Å²) in [7, 11) is -3.53. The second kappa shape index (κ2) is 12.0. The normalized spacial score (nSPS) is 15.4. The predicted octanol–water partition coefficient (Wildman–Crippen LogP) is 6.65. The fourth-order valence-electron chi connectivity index (χ4n) is 4.48. The summed E-state index contributed by atoms with van der Waals surface area (Å²) in [6.07, 6.45) is 5.89. The molecular formula is C28H35ClFN3O5S. The Bertz CT molecular complexity index is 1400. The summed E-state index contributed by atoms with van der Waals surface area (Å²) < 4.78 is 46.5. The maximum absolute atomic E-state index is 15.6. The van der Waals surface area contributed by atoms with Gasteiger partial charge in [-0.15, -0.1) is 0 Å². The van der Waals surface area contributed by atoms with Crippen LogP contribution in [-0.4, -0.2) is 61.4 Å². The number of hydrogen-bond acceptors (Lipinski definition) is 6. The lowest BCUT2D eigenvalue weighted by molar-refractivity contribution is 0.0189. The van der Waals surface area contributed by atoms with E-state index in [1.807, 2.05) is 27.7 Å². The van der Waals surface area contributed by atoms with Crippen molar-refractivity contribution in [1.82, 2.24) is 9.47 Å². The summed E-state index contributed by atoms with van der Waals surface area (Å²) in [6, 6.07) is 3.68. The fourth-order valence-corrected chi connectivity index (χ4v) is 5.46. The summed E-state index contributed by atoms with van der Waals surface area (Å²) in [4.78, 5) is 31.8. The van der Waals surface area contributed by atoms with Crippen LogP contribution in [0.2, 0.25) is 5.02 Å². The summed E-state index contributed by atoms with van der Waals surface area (Å²) in [5, 5.41) is -0.0483. The van der Waals surface area contributed by atoms with Crippen LogP contribution in [0.1, 0.15) is 75.3 Å². The van der Waals surface area contributed by atoms with Gasteiger partial charge in [0.15, 0.2) is 21.4 Å². The number of aromatic nitrogens is 1. The number of piperidine rings is 1. The molecule has 0 unspecified atom stereocenters. The number of ketones is 1. The highest BCUT2D eigenvalue weighted by atomic mass is 35.5. The molecule has 1 aromatic carbocycles. The summed E-state index contributed by atoms with van der Waals surface area (Å²) >= 11 is 6.33. The largest absolute Gasteiger partial charge is 0.444 e. The first-order valence-electron chi connectivity index (χ1n) is 12.8. The Balaban J connectivity index is 1.96. The smallest absolute Gasteiger partial charge is 0.410 e. The van der Waals surface area contributed by atoms with Gasteiger partial charge in [0.25, 0.3) is 0 Å². The maximum Gasteiger partial charge on any atom is 0.410 e. The highest BCUT2D eigenvalue weighted by Crippen LogP contribution is 2.39. The summed E-state index contributed by atoms with van der Waals surface area (Å²) in [5.74, 6) is -0.968. The number of hydrogen-bond donors (Lipinski definition) is 0. The van der Waals surface area contributed by atoms with Gasteiger partial charge >= 0.3 is 6.09 Å². The molecule has 2 heterocycles.